The Bertz CT molecular complexity index is 634. The molecule has 1 aromatic heterocycles. The predicted octanol–water partition coefficient (Wildman–Crippen LogP) is 3.29. The number of nitrogens with one attached hydrogen (secondary N) is 1. The highest BCUT2D eigenvalue weighted by atomic mass is 16.5. The van der Waals surface area contributed by atoms with Crippen LogP contribution in [0, 0.1) is 0 Å². The summed E-state index contributed by atoms with van der Waals surface area (Å²) < 4.78 is 11.2. The summed E-state index contributed by atoms with van der Waals surface area (Å²) in [5.41, 5.74) is 2.66. The van der Waals surface area contributed by atoms with Crippen molar-refractivity contribution in [3.8, 4) is 0 Å². The molecule has 1 saturated heterocycles. The number of nitrogens with zero attached hydrogens (tertiary/aromatic N) is 2. The van der Waals surface area contributed by atoms with Gasteiger partial charge in [-0.3, -0.25) is 4.90 Å². The first-order valence-corrected chi connectivity index (χ1v) is 9.72. The summed E-state index contributed by atoms with van der Waals surface area (Å²) >= 11 is 0. The highest BCUT2D eigenvalue weighted by Crippen LogP contribution is 2.23. The van der Waals surface area contributed by atoms with Gasteiger partial charge in [-0.25, -0.2) is 0 Å². The SMILES string of the molecule is CCN(CC)C(CNCc1ccccc1N1CCOCC1)c1ccco1. The smallest absolute Gasteiger partial charge is 0.122 e. The minimum Gasteiger partial charge on any atom is -0.468 e. The van der Waals surface area contributed by atoms with Gasteiger partial charge in [0.2, 0.25) is 0 Å². The molecule has 2 aromatic rings. The van der Waals surface area contributed by atoms with Crippen molar-refractivity contribution in [2.45, 2.75) is 26.4 Å². The Kier molecular flexibility index (Phi) is 7.12. The van der Waals surface area contributed by atoms with Gasteiger partial charge in [0.05, 0.1) is 25.5 Å². The molecule has 1 aliphatic rings. The lowest BCUT2D eigenvalue weighted by Crippen LogP contribution is -2.38. The van der Waals surface area contributed by atoms with Gasteiger partial charge in [0.1, 0.15) is 5.76 Å². The number of morpholine rings is 1. The van der Waals surface area contributed by atoms with Gasteiger partial charge in [0, 0.05) is 31.9 Å². The number of furan rings is 1. The minimum atomic E-state index is 0.260. The average molecular weight is 357 g/mol. The highest BCUT2D eigenvalue weighted by molar-refractivity contribution is 5.53. The number of para-hydroxylation sites is 1. The molecule has 5 heteroatoms. The molecule has 0 aliphatic carbocycles. The van der Waals surface area contributed by atoms with Crippen molar-refractivity contribution in [1.82, 2.24) is 10.2 Å². The van der Waals surface area contributed by atoms with Crippen LogP contribution in [0.4, 0.5) is 5.69 Å². The van der Waals surface area contributed by atoms with Crippen LogP contribution >= 0.6 is 0 Å². The molecule has 2 heterocycles. The second kappa shape index (κ2) is 9.76. The first kappa shape index (κ1) is 19.0. The average Bonchev–Trinajstić information content (AvgIpc) is 3.23. The van der Waals surface area contributed by atoms with E-state index in [1.807, 2.05) is 6.07 Å². The molecule has 1 unspecified atom stereocenters. The van der Waals surface area contributed by atoms with E-state index in [0.29, 0.717) is 0 Å². The highest BCUT2D eigenvalue weighted by Gasteiger charge is 2.20. The fraction of sp³-hybridized carbons (Fsp3) is 0.524. The topological polar surface area (TPSA) is 40.9 Å². The zero-order valence-electron chi connectivity index (χ0n) is 16.0. The number of likely N-dealkylation sites (N-methyl/N-ethyl adjacent to an activating group) is 1. The van der Waals surface area contributed by atoms with Gasteiger partial charge in [-0.15, -0.1) is 0 Å². The van der Waals surface area contributed by atoms with Crippen molar-refractivity contribution in [3.63, 3.8) is 0 Å². The van der Waals surface area contributed by atoms with Crippen LogP contribution in [-0.4, -0.2) is 50.8 Å². The van der Waals surface area contributed by atoms with Crippen molar-refractivity contribution < 1.29 is 9.15 Å². The Balaban J connectivity index is 1.64. The number of hydrogen-bond acceptors (Lipinski definition) is 5. The van der Waals surface area contributed by atoms with E-state index in [-0.39, 0.29) is 6.04 Å². The second-order valence-corrected chi connectivity index (χ2v) is 6.61. The maximum atomic E-state index is 5.70. The van der Waals surface area contributed by atoms with Gasteiger partial charge in [0.15, 0.2) is 0 Å². The van der Waals surface area contributed by atoms with Crippen molar-refractivity contribution in [3.05, 3.63) is 54.0 Å². The molecule has 0 radical (unpaired) electrons. The molecule has 0 saturated carbocycles. The maximum Gasteiger partial charge on any atom is 0.122 e. The molecule has 142 valence electrons. The van der Waals surface area contributed by atoms with Crippen LogP contribution < -0.4 is 10.2 Å². The number of benzene rings is 1. The first-order valence-electron chi connectivity index (χ1n) is 9.72. The fourth-order valence-corrected chi connectivity index (χ4v) is 3.67. The molecule has 1 N–H and O–H groups in total. The van der Waals surface area contributed by atoms with Crippen molar-refractivity contribution in [2.75, 3.05) is 50.8 Å². The molecule has 0 spiro atoms. The van der Waals surface area contributed by atoms with E-state index in [0.717, 1.165) is 58.2 Å². The molecule has 26 heavy (non-hydrogen) atoms. The van der Waals surface area contributed by atoms with Gasteiger partial charge in [-0.05, 0) is 36.9 Å². The molecular weight excluding hydrogens is 326 g/mol. The van der Waals surface area contributed by atoms with Gasteiger partial charge < -0.3 is 19.4 Å². The molecule has 3 rings (SSSR count). The quantitative estimate of drug-likeness (QED) is 0.746. The molecule has 0 bridgehead atoms. The zero-order chi connectivity index (χ0) is 18.2. The number of anilines is 1. The maximum absolute atomic E-state index is 5.70. The first-order chi connectivity index (χ1) is 12.8. The summed E-state index contributed by atoms with van der Waals surface area (Å²) in [6.07, 6.45) is 1.76. The molecule has 5 nitrogen and oxygen atoms in total. The largest absolute Gasteiger partial charge is 0.468 e. The van der Waals surface area contributed by atoms with Gasteiger partial charge in [-0.2, -0.15) is 0 Å². The Morgan fingerprint density at radius 1 is 1.08 bits per heavy atom. The van der Waals surface area contributed by atoms with Gasteiger partial charge >= 0.3 is 0 Å². The van der Waals surface area contributed by atoms with Crippen LogP contribution in [0.5, 0.6) is 0 Å². The van der Waals surface area contributed by atoms with Crippen LogP contribution in [0.25, 0.3) is 0 Å². The molecular formula is C21H31N3O2. The van der Waals surface area contributed by atoms with E-state index >= 15 is 0 Å². The van der Waals surface area contributed by atoms with E-state index in [1.54, 1.807) is 6.26 Å². The van der Waals surface area contributed by atoms with Crippen molar-refractivity contribution in [1.29, 1.82) is 0 Å². The molecule has 1 fully saturated rings. The van der Waals surface area contributed by atoms with Crippen molar-refractivity contribution in [2.24, 2.45) is 0 Å². The van der Waals surface area contributed by atoms with Crippen molar-refractivity contribution >= 4 is 5.69 Å². The fourth-order valence-electron chi connectivity index (χ4n) is 3.67. The Morgan fingerprint density at radius 2 is 1.85 bits per heavy atom. The molecule has 1 aromatic carbocycles. The lowest BCUT2D eigenvalue weighted by atomic mass is 10.1. The van der Waals surface area contributed by atoms with Crippen LogP contribution in [0.1, 0.15) is 31.2 Å². The molecule has 1 atom stereocenters. The standard InChI is InChI=1S/C21H31N3O2/c1-3-23(4-2)20(21-10-7-13-26-21)17-22-16-18-8-5-6-9-19(18)24-11-14-25-15-12-24/h5-10,13,20,22H,3-4,11-12,14-17H2,1-2H3. The third-order valence-corrected chi connectivity index (χ3v) is 5.12. The van der Waals surface area contributed by atoms with Crippen LogP contribution in [0.15, 0.2) is 47.1 Å². The van der Waals surface area contributed by atoms with E-state index < -0.39 is 0 Å². The lowest BCUT2D eigenvalue weighted by molar-refractivity contribution is 0.122. The Morgan fingerprint density at radius 3 is 2.54 bits per heavy atom. The third kappa shape index (κ3) is 4.67. The summed E-state index contributed by atoms with van der Waals surface area (Å²) in [4.78, 5) is 4.86. The van der Waals surface area contributed by atoms with E-state index in [9.17, 15) is 0 Å². The molecule has 0 amide bonds. The summed E-state index contributed by atoms with van der Waals surface area (Å²) in [7, 11) is 0. The number of rotatable bonds is 9. The van der Waals surface area contributed by atoms with Gasteiger partial charge in [-0.1, -0.05) is 32.0 Å². The monoisotopic (exact) mass is 357 g/mol. The summed E-state index contributed by atoms with van der Waals surface area (Å²) in [6, 6.07) is 13.0. The van der Waals surface area contributed by atoms with Crippen LogP contribution in [-0.2, 0) is 11.3 Å². The zero-order valence-corrected chi connectivity index (χ0v) is 16.0. The van der Waals surface area contributed by atoms with Crippen LogP contribution in [0.2, 0.25) is 0 Å². The lowest BCUT2D eigenvalue weighted by Gasteiger charge is -2.31. The van der Waals surface area contributed by atoms with Crippen LogP contribution in [0.3, 0.4) is 0 Å². The van der Waals surface area contributed by atoms with E-state index in [2.05, 4.69) is 59.3 Å². The molecule has 1 aliphatic heterocycles. The normalized spacial score (nSPS) is 16.2. The minimum absolute atomic E-state index is 0.260. The Hall–Kier alpha value is -1.82. The third-order valence-electron chi connectivity index (χ3n) is 5.12. The second-order valence-electron chi connectivity index (χ2n) is 6.61. The summed E-state index contributed by atoms with van der Waals surface area (Å²) in [5, 5.41) is 3.66. The summed E-state index contributed by atoms with van der Waals surface area (Å²) in [6.45, 7) is 11.7. The summed E-state index contributed by atoms with van der Waals surface area (Å²) in [5.74, 6) is 1.03. The van der Waals surface area contributed by atoms with E-state index in [1.165, 1.54) is 11.3 Å². The van der Waals surface area contributed by atoms with E-state index in [4.69, 9.17) is 9.15 Å². The van der Waals surface area contributed by atoms with Gasteiger partial charge in [0.25, 0.3) is 0 Å². The predicted molar refractivity (Wildman–Crippen MR) is 106 cm³/mol. The Labute approximate surface area is 156 Å². The number of hydrogen-bond donors (Lipinski definition) is 1. The number of ether oxygens (including phenoxy) is 1.